The van der Waals surface area contributed by atoms with E-state index >= 15 is 0 Å². The highest BCUT2D eigenvalue weighted by atomic mass is 35.5. The van der Waals surface area contributed by atoms with Gasteiger partial charge in [-0.2, -0.15) is 0 Å². The second-order valence-corrected chi connectivity index (χ2v) is 8.67. The van der Waals surface area contributed by atoms with Gasteiger partial charge < -0.3 is 20.4 Å². The summed E-state index contributed by atoms with van der Waals surface area (Å²) >= 11 is 5.84. The fourth-order valence-electron chi connectivity index (χ4n) is 4.52. The van der Waals surface area contributed by atoms with Crippen LogP contribution in [0.15, 0.2) is 12.1 Å². The Labute approximate surface area is 176 Å². The Kier molecular flexibility index (Phi) is 9.34. The lowest BCUT2D eigenvalue weighted by Crippen LogP contribution is -2.23. The Morgan fingerprint density at radius 2 is 1.76 bits per heavy atom. The zero-order chi connectivity index (χ0) is 21.6. The lowest BCUT2D eigenvalue weighted by atomic mass is 9.84. The van der Waals surface area contributed by atoms with Gasteiger partial charge in [-0.3, -0.25) is 4.79 Å². The van der Waals surface area contributed by atoms with Crippen LogP contribution in [0.2, 0.25) is 5.02 Å². The first-order valence-electron chi connectivity index (χ1n) is 10.4. The molecule has 1 saturated carbocycles. The third-order valence-electron chi connectivity index (χ3n) is 6.14. The van der Waals surface area contributed by atoms with Gasteiger partial charge in [-0.25, -0.2) is 4.39 Å². The van der Waals surface area contributed by atoms with Gasteiger partial charge in [0.15, 0.2) is 0 Å². The highest BCUT2D eigenvalue weighted by Crippen LogP contribution is 2.40. The number of carbonyl (C=O) groups is 1. The van der Waals surface area contributed by atoms with Crippen LogP contribution in [0.25, 0.3) is 0 Å². The molecule has 2 rings (SSSR count). The normalized spacial score (nSPS) is 25.3. The second-order valence-electron chi connectivity index (χ2n) is 8.26. The van der Waals surface area contributed by atoms with Crippen LogP contribution in [0.5, 0.6) is 0 Å². The molecule has 164 valence electrons. The Morgan fingerprint density at radius 3 is 2.41 bits per heavy atom. The summed E-state index contributed by atoms with van der Waals surface area (Å²) in [6.45, 7) is 1.72. The maximum atomic E-state index is 13.5. The smallest absolute Gasteiger partial charge is 0.303 e. The number of aliphatic hydroxyl groups excluding tert-OH is 3. The minimum Gasteiger partial charge on any atom is -0.481 e. The minimum absolute atomic E-state index is 0.0262. The van der Waals surface area contributed by atoms with E-state index in [0.29, 0.717) is 36.8 Å². The number of hydrogen-bond acceptors (Lipinski definition) is 4. The highest BCUT2D eigenvalue weighted by molar-refractivity contribution is 6.30. The fourth-order valence-corrected chi connectivity index (χ4v) is 4.69. The highest BCUT2D eigenvalue weighted by Gasteiger charge is 2.40. The summed E-state index contributed by atoms with van der Waals surface area (Å²) in [7, 11) is 0. The first kappa shape index (κ1) is 24.1. The Balaban J connectivity index is 1.87. The van der Waals surface area contributed by atoms with Crippen molar-refractivity contribution in [3.8, 4) is 0 Å². The maximum Gasteiger partial charge on any atom is 0.303 e. The predicted molar refractivity (Wildman–Crippen MR) is 109 cm³/mol. The first-order chi connectivity index (χ1) is 13.7. The van der Waals surface area contributed by atoms with Crippen molar-refractivity contribution >= 4 is 17.6 Å². The summed E-state index contributed by atoms with van der Waals surface area (Å²) in [5, 5.41) is 39.9. The van der Waals surface area contributed by atoms with E-state index in [-0.39, 0.29) is 23.3 Å². The summed E-state index contributed by atoms with van der Waals surface area (Å²) in [5.41, 5.74) is 1.21. The lowest BCUT2D eigenvalue weighted by Gasteiger charge is -2.25. The molecule has 1 aliphatic rings. The van der Waals surface area contributed by atoms with E-state index in [4.69, 9.17) is 16.7 Å². The second kappa shape index (κ2) is 11.3. The lowest BCUT2D eigenvalue weighted by molar-refractivity contribution is -0.137. The van der Waals surface area contributed by atoms with Gasteiger partial charge in [-0.15, -0.1) is 0 Å². The van der Waals surface area contributed by atoms with Crippen LogP contribution in [0.4, 0.5) is 4.39 Å². The molecule has 0 amide bonds. The summed E-state index contributed by atoms with van der Waals surface area (Å²) in [6, 6.07) is 2.76. The molecule has 7 heteroatoms. The topological polar surface area (TPSA) is 98.0 Å². The third-order valence-corrected chi connectivity index (χ3v) is 6.43. The first-order valence-corrected chi connectivity index (χ1v) is 10.8. The van der Waals surface area contributed by atoms with Crippen molar-refractivity contribution in [2.24, 2.45) is 11.8 Å². The van der Waals surface area contributed by atoms with Crippen molar-refractivity contribution < 1.29 is 29.6 Å². The van der Waals surface area contributed by atoms with E-state index in [1.165, 1.54) is 12.1 Å². The van der Waals surface area contributed by atoms with Gasteiger partial charge in [0.1, 0.15) is 5.82 Å². The number of rotatable bonds is 11. The molecule has 5 nitrogen and oxygen atoms in total. The van der Waals surface area contributed by atoms with E-state index in [2.05, 4.69) is 0 Å². The van der Waals surface area contributed by atoms with Crippen molar-refractivity contribution in [3.05, 3.63) is 34.1 Å². The molecule has 4 N–H and O–H groups in total. The van der Waals surface area contributed by atoms with Gasteiger partial charge in [-0.1, -0.05) is 30.9 Å². The number of aryl methyl sites for hydroxylation is 1. The van der Waals surface area contributed by atoms with Gasteiger partial charge in [-0.05, 0) is 74.1 Å². The Hall–Kier alpha value is -1.21. The largest absolute Gasteiger partial charge is 0.481 e. The van der Waals surface area contributed by atoms with Crippen molar-refractivity contribution in [2.45, 2.75) is 83.0 Å². The number of aliphatic hydroxyl groups is 3. The van der Waals surface area contributed by atoms with Crippen LogP contribution in [-0.4, -0.2) is 38.6 Å². The summed E-state index contributed by atoms with van der Waals surface area (Å²) in [5.74, 6) is -1.43. The molecule has 0 bridgehead atoms. The van der Waals surface area contributed by atoms with Crippen LogP contribution in [0.3, 0.4) is 0 Å². The zero-order valence-electron chi connectivity index (χ0n) is 16.9. The number of hydrogen-bond donors (Lipinski definition) is 4. The van der Waals surface area contributed by atoms with Crippen LogP contribution in [0, 0.1) is 24.6 Å². The Bertz CT molecular complexity index is 683. The number of aliphatic carboxylic acids is 1. The minimum atomic E-state index is -0.810. The summed E-state index contributed by atoms with van der Waals surface area (Å²) < 4.78 is 13.5. The zero-order valence-corrected chi connectivity index (χ0v) is 17.6. The molecular weight excluding hydrogens is 399 g/mol. The molecule has 1 fully saturated rings. The number of carboxylic acid groups (broad SMARTS) is 1. The monoisotopic (exact) mass is 430 g/mol. The molecule has 29 heavy (non-hydrogen) atoms. The van der Waals surface area contributed by atoms with Gasteiger partial charge in [0.2, 0.25) is 0 Å². The van der Waals surface area contributed by atoms with Crippen molar-refractivity contribution in [1.29, 1.82) is 0 Å². The van der Waals surface area contributed by atoms with Crippen molar-refractivity contribution in [2.75, 3.05) is 0 Å². The van der Waals surface area contributed by atoms with Crippen molar-refractivity contribution in [1.82, 2.24) is 0 Å². The van der Waals surface area contributed by atoms with Gasteiger partial charge in [0, 0.05) is 6.42 Å². The molecular formula is C22H32ClFO5. The number of halogens is 2. The number of carboxylic acids is 1. The SMILES string of the molecule is Cc1cc(F)c(Cl)cc1C(O)CC[C@@H]1[C@@H](CCCCCCC(=O)O)[C@@H](O)C[C@H]1O. The summed E-state index contributed by atoms with van der Waals surface area (Å²) in [4.78, 5) is 10.5. The third kappa shape index (κ3) is 6.92. The average molecular weight is 431 g/mol. The maximum absolute atomic E-state index is 13.5. The average Bonchev–Trinajstić information content (AvgIpc) is 2.91. The number of benzene rings is 1. The van der Waals surface area contributed by atoms with Gasteiger partial charge in [0.25, 0.3) is 0 Å². The van der Waals surface area contributed by atoms with E-state index in [9.17, 15) is 24.5 Å². The molecule has 0 aliphatic heterocycles. The van der Waals surface area contributed by atoms with E-state index in [1.807, 2.05) is 0 Å². The Morgan fingerprint density at radius 1 is 1.14 bits per heavy atom. The summed E-state index contributed by atoms with van der Waals surface area (Å²) in [6.07, 6.45) is 3.53. The molecule has 0 radical (unpaired) electrons. The number of unbranched alkanes of at least 4 members (excludes halogenated alkanes) is 3. The van der Waals surface area contributed by atoms with Crippen molar-refractivity contribution in [3.63, 3.8) is 0 Å². The van der Waals surface area contributed by atoms with Crippen LogP contribution in [-0.2, 0) is 4.79 Å². The molecule has 0 heterocycles. The van der Waals surface area contributed by atoms with Crippen LogP contribution >= 0.6 is 11.6 Å². The van der Waals surface area contributed by atoms with Gasteiger partial charge in [0.05, 0.1) is 23.3 Å². The standard InChI is InChI=1S/C22H32ClFO5/c1-13-10-18(24)17(23)11-16(13)19(25)9-8-15-14(20(26)12-21(15)27)6-4-2-3-5-7-22(28)29/h10-11,14-15,19-21,25-27H,2-9,12H2,1H3,(H,28,29)/t14-,15-,19?,20+,21-/m1/s1. The molecule has 0 saturated heterocycles. The van der Waals surface area contributed by atoms with Gasteiger partial charge >= 0.3 is 5.97 Å². The molecule has 5 atom stereocenters. The molecule has 0 aromatic heterocycles. The van der Waals surface area contributed by atoms with Crippen LogP contribution < -0.4 is 0 Å². The van der Waals surface area contributed by atoms with Crippen LogP contribution in [0.1, 0.15) is 75.0 Å². The van der Waals surface area contributed by atoms with E-state index < -0.39 is 30.1 Å². The van der Waals surface area contributed by atoms with E-state index in [1.54, 1.807) is 6.92 Å². The molecule has 1 aromatic rings. The predicted octanol–water partition coefficient (Wildman–Crippen LogP) is 4.38. The van der Waals surface area contributed by atoms with E-state index in [0.717, 1.165) is 25.7 Å². The fraction of sp³-hybridized carbons (Fsp3) is 0.682. The molecule has 0 spiro atoms. The molecule has 1 unspecified atom stereocenters. The quantitative estimate of drug-likeness (QED) is 0.390. The molecule has 1 aromatic carbocycles. The molecule has 1 aliphatic carbocycles.